The third kappa shape index (κ3) is 2.81. The molecule has 0 aliphatic rings. The molecule has 0 heterocycles. The number of anilines is 1. The molecule has 1 N–H and O–H groups in total. The van der Waals surface area contributed by atoms with Gasteiger partial charge in [0.15, 0.2) is 0 Å². The molecular weight excluding hydrogens is 170 g/mol. The van der Waals surface area contributed by atoms with Crippen LogP contribution in [0, 0.1) is 12.3 Å². The minimum Gasteiger partial charge on any atom is -0.384 e. The van der Waals surface area contributed by atoms with Crippen LogP contribution >= 0.6 is 0 Å². The Morgan fingerprint density at radius 3 is 2.71 bits per heavy atom. The third-order valence-electron chi connectivity index (χ3n) is 2.17. The summed E-state index contributed by atoms with van der Waals surface area (Å²) in [5.74, 6) is 3.17. The van der Waals surface area contributed by atoms with Gasteiger partial charge < -0.3 is 5.32 Å². The molecule has 0 aliphatic carbocycles. The molecule has 0 aliphatic heterocycles. The Hall–Kier alpha value is -1.42. The quantitative estimate of drug-likeness (QED) is 0.563. The van der Waals surface area contributed by atoms with Crippen molar-refractivity contribution in [2.75, 3.05) is 11.9 Å². The van der Waals surface area contributed by atoms with Crippen LogP contribution in [0.5, 0.6) is 0 Å². The summed E-state index contributed by atoms with van der Waals surface area (Å²) in [6.45, 7) is 5.24. The van der Waals surface area contributed by atoms with Gasteiger partial charge in [0.25, 0.3) is 0 Å². The molecule has 0 saturated carbocycles. The van der Waals surface area contributed by atoms with Crippen LogP contribution in [0.1, 0.15) is 31.7 Å². The summed E-state index contributed by atoms with van der Waals surface area (Å²) < 4.78 is 0. The zero-order valence-corrected chi connectivity index (χ0v) is 8.88. The second-order valence-corrected chi connectivity index (χ2v) is 3.62. The normalized spacial score (nSPS) is 9.86. The first kappa shape index (κ1) is 10.7. The Morgan fingerprint density at radius 2 is 2.07 bits per heavy atom. The zero-order valence-electron chi connectivity index (χ0n) is 8.88. The van der Waals surface area contributed by atoms with Gasteiger partial charge in [-0.15, -0.1) is 12.3 Å². The van der Waals surface area contributed by atoms with Crippen molar-refractivity contribution in [3.8, 4) is 12.3 Å². The third-order valence-corrected chi connectivity index (χ3v) is 2.17. The highest BCUT2D eigenvalue weighted by Crippen LogP contribution is 2.23. The molecule has 1 heteroatoms. The van der Waals surface area contributed by atoms with Gasteiger partial charge in [0.1, 0.15) is 0 Å². The molecule has 0 spiro atoms. The highest BCUT2D eigenvalue weighted by Gasteiger charge is 2.03. The fourth-order valence-corrected chi connectivity index (χ4v) is 1.43. The summed E-state index contributed by atoms with van der Waals surface area (Å²) in [5.41, 5.74) is 2.56. The van der Waals surface area contributed by atoms with Crippen LogP contribution in [0.4, 0.5) is 5.69 Å². The van der Waals surface area contributed by atoms with E-state index in [9.17, 15) is 0 Å². The summed E-state index contributed by atoms with van der Waals surface area (Å²) in [6, 6.07) is 8.38. The topological polar surface area (TPSA) is 12.0 Å². The molecule has 0 saturated heterocycles. The molecule has 0 amide bonds. The Bertz CT molecular complexity index is 320. The number of para-hydroxylation sites is 1. The highest BCUT2D eigenvalue weighted by molar-refractivity contribution is 5.52. The Morgan fingerprint density at radius 1 is 1.36 bits per heavy atom. The standard InChI is InChI=1S/C13H17N/c1-4-5-10-14-13-9-7-6-8-12(13)11(2)3/h1,6-9,11,14H,5,10H2,2-3H3. The van der Waals surface area contributed by atoms with E-state index in [0.29, 0.717) is 5.92 Å². The lowest BCUT2D eigenvalue weighted by Crippen LogP contribution is -2.04. The first-order chi connectivity index (χ1) is 6.75. The number of benzene rings is 1. The Labute approximate surface area is 86.5 Å². The minimum absolute atomic E-state index is 0.546. The van der Waals surface area contributed by atoms with E-state index in [1.807, 2.05) is 6.07 Å². The maximum atomic E-state index is 5.20. The molecule has 1 aromatic carbocycles. The van der Waals surface area contributed by atoms with Crippen molar-refractivity contribution in [1.82, 2.24) is 0 Å². The van der Waals surface area contributed by atoms with Gasteiger partial charge in [0.05, 0.1) is 0 Å². The minimum atomic E-state index is 0.546. The van der Waals surface area contributed by atoms with Gasteiger partial charge in [0.2, 0.25) is 0 Å². The van der Waals surface area contributed by atoms with Crippen molar-refractivity contribution in [2.24, 2.45) is 0 Å². The number of nitrogens with one attached hydrogen (secondary N) is 1. The van der Waals surface area contributed by atoms with Gasteiger partial charge in [-0.1, -0.05) is 32.0 Å². The monoisotopic (exact) mass is 187 g/mol. The molecule has 0 aromatic heterocycles. The van der Waals surface area contributed by atoms with E-state index in [1.165, 1.54) is 11.3 Å². The van der Waals surface area contributed by atoms with Gasteiger partial charge in [-0.25, -0.2) is 0 Å². The Kier molecular flexibility index (Phi) is 4.07. The average molecular weight is 187 g/mol. The van der Waals surface area contributed by atoms with Crippen LogP contribution in [0.15, 0.2) is 24.3 Å². The van der Waals surface area contributed by atoms with Crippen molar-refractivity contribution in [1.29, 1.82) is 0 Å². The molecule has 0 bridgehead atoms. The second-order valence-electron chi connectivity index (χ2n) is 3.62. The lowest BCUT2D eigenvalue weighted by Gasteiger charge is -2.13. The second kappa shape index (κ2) is 5.34. The van der Waals surface area contributed by atoms with Crippen molar-refractivity contribution in [3.05, 3.63) is 29.8 Å². The largest absolute Gasteiger partial charge is 0.384 e. The van der Waals surface area contributed by atoms with Crippen LogP contribution < -0.4 is 5.32 Å². The maximum Gasteiger partial charge on any atom is 0.0375 e. The molecule has 0 atom stereocenters. The predicted octanol–water partition coefficient (Wildman–Crippen LogP) is 3.25. The first-order valence-corrected chi connectivity index (χ1v) is 5.02. The molecule has 74 valence electrons. The van der Waals surface area contributed by atoms with Crippen LogP contribution in [0.3, 0.4) is 0 Å². The fraction of sp³-hybridized carbons (Fsp3) is 0.385. The van der Waals surface area contributed by atoms with Gasteiger partial charge in [0, 0.05) is 18.7 Å². The number of hydrogen-bond acceptors (Lipinski definition) is 1. The van der Waals surface area contributed by atoms with E-state index in [-0.39, 0.29) is 0 Å². The van der Waals surface area contributed by atoms with Crippen molar-refractivity contribution < 1.29 is 0 Å². The van der Waals surface area contributed by atoms with E-state index < -0.39 is 0 Å². The SMILES string of the molecule is C#CCCNc1ccccc1C(C)C. The van der Waals surface area contributed by atoms with Crippen LogP contribution in [-0.2, 0) is 0 Å². The molecule has 1 rings (SSSR count). The van der Waals surface area contributed by atoms with Gasteiger partial charge >= 0.3 is 0 Å². The summed E-state index contributed by atoms with van der Waals surface area (Å²) >= 11 is 0. The van der Waals surface area contributed by atoms with E-state index in [4.69, 9.17) is 6.42 Å². The predicted molar refractivity (Wildman–Crippen MR) is 62.5 cm³/mol. The summed E-state index contributed by atoms with van der Waals surface area (Å²) in [4.78, 5) is 0. The van der Waals surface area contributed by atoms with Gasteiger partial charge in [-0.05, 0) is 17.5 Å². The van der Waals surface area contributed by atoms with E-state index in [2.05, 4.69) is 43.3 Å². The van der Waals surface area contributed by atoms with Crippen LogP contribution in [0.2, 0.25) is 0 Å². The van der Waals surface area contributed by atoms with Crippen LogP contribution in [-0.4, -0.2) is 6.54 Å². The average Bonchev–Trinajstić information content (AvgIpc) is 2.19. The smallest absolute Gasteiger partial charge is 0.0375 e. The molecule has 1 aromatic rings. The highest BCUT2D eigenvalue weighted by atomic mass is 14.9. The zero-order chi connectivity index (χ0) is 10.4. The number of rotatable bonds is 4. The van der Waals surface area contributed by atoms with Crippen molar-refractivity contribution >= 4 is 5.69 Å². The van der Waals surface area contributed by atoms with E-state index in [1.54, 1.807) is 0 Å². The molecule has 14 heavy (non-hydrogen) atoms. The van der Waals surface area contributed by atoms with Crippen molar-refractivity contribution in [2.45, 2.75) is 26.2 Å². The molecule has 0 fully saturated rings. The van der Waals surface area contributed by atoms with Crippen LogP contribution in [0.25, 0.3) is 0 Å². The lowest BCUT2D eigenvalue weighted by atomic mass is 10.0. The lowest BCUT2D eigenvalue weighted by molar-refractivity contribution is 0.865. The summed E-state index contributed by atoms with van der Waals surface area (Å²) in [5, 5.41) is 3.35. The van der Waals surface area contributed by atoms with E-state index >= 15 is 0 Å². The van der Waals surface area contributed by atoms with Gasteiger partial charge in [-0.2, -0.15) is 0 Å². The first-order valence-electron chi connectivity index (χ1n) is 5.02. The molecule has 0 unspecified atom stereocenters. The summed E-state index contributed by atoms with van der Waals surface area (Å²) in [6.07, 6.45) is 5.97. The Balaban J connectivity index is 2.70. The number of terminal acetylenes is 1. The molecule has 1 nitrogen and oxygen atoms in total. The van der Waals surface area contributed by atoms with E-state index in [0.717, 1.165) is 13.0 Å². The summed E-state index contributed by atoms with van der Waals surface area (Å²) in [7, 11) is 0. The van der Waals surface area contributed by atoms with Crippen molar-refractivity contribution in [3.63, 3.8) is 0 Å². The van der Waals surface area contributed by atoms with Gasteiger partial charge in [-0.3, -0.25) is 0 Å². The maximum absolute atomic E-state index is 5.20. The molecule has 0 radical (unpaired) electrons. The number of hydrogen-bond donors (Lipinski definition) is 1. The molecular formula is C13H17N. The fourth-order valence-electron chi connectivity index (χ4n) is 1.43.